The predicted octanol–water partition coefficient (Wildman–Crippen LogP) is 5.17. The number of benzene rings is 3. The molecule has 0 saturated carbocycles. The molecular formula is C25H27NO4. The standard InChI is InChI=1S/C25H27NO4/c1-18-8-7-9-19(2)24(18)30-20(3)25(27)26-21-12-14-23(15-13-21)29-17-16-28-22-10-5-4-6-11-22/h4-15,20H,16-17H2,1-3H3,(H,26,27)/t20-/m1/s1. The lowest BCUT2D eigenvalue weighted by atomic mass is 10.1. The molecule has 0 aliphatic rings. The van der Waals surface area contributed by atoms with Crippen molar-refractivity contribution < 1.29 is 19.0 Å². The summed E-state index contributed by atoms with van der Waals surface area (Å²) in [5.41, 5.74) is 2.70. The Morgan fingerprint density at radius 1 is 0.800 bits per heavy atom. The molecule has 3 aromatic carbocycles. The summed E-state index contributed by atoms with van der Waals surface area (Å²) in [7, 11) is 0. The molecule has 3 aromatic rings. The SMILES string of the molecule is Cc1cccc(C)c1O[C@H](C)C(=O)Nc1ccc(OCCOc2ccccc2)cc1. The topological polar surface area (TPSA) is 56.8 Å². The Kier molecular flexibility index (Phi) is 7.33. The summed E-state index contributed by atoms with van der Waals surface area (Å²) >= 11 is 0. The normalized spacial score (nSPS) is 11.4. The number of para-hydroxylation sites is 2. The number of aryl methyl sites for hydroxylation is 2. The monoisotopic (exact) mass is 405 g/mol. The second kappa shape index (κ2) is 10.3. The van der Waals surface area contributed by atoms with E-state index in [2.05, 4.69) is 5.32 Å². The van der Waals surface area contributed by atoms with Crippen molar-refractivity contribution in [2.75, 3.05) is 18.5 Å². The van der Waals surface area contributed by atoms with E-state index in [0.717, 1.165) is 22.6 Å². The van der Waals surface area contributed by atoms with Crippen molar-refractivity contribution in [3.63, 3.8) is 0 Å². The molecule has 1 atom stereocenters. The van der Waals surface area contributed by atoms with Gasteiger partial charge in [0.15, 0.2) is 6.10 Å². The van der Waals surface area contributed by atoms with Crippen molar-refractivity contribution in [3.8, 4) is 17.2 Å². The van der Waals surface area contributed by atoms with Crippen LogP contribution in [0.4, 0.5) is 5.69 Å². The third-order valence-electron chi connectivity index (χ3n) is 4.56. The molecule has 0 unspecified atom stereocenters. The van der Waals surface area contributed by atoms with Crippen LogP contribution in [0.3, 0.4) is 0 Å². The smallest absolute Gasteiger partial charge is 0.265 e. The number of ether oxygens (including phenoxy) is 3. The lowest BCUT2D eigenvalue weighted by molar-refractivity contribution is -0.122. The van der Waals surface area contributed by atoms with Gasteiger partial charge in [-0.3, -0.25) is 4.79 Å². The molecule has 0 aromatic heterocycles. The van der Waals surface area contributed by atoms with Gasteiger partial charge in [0.25, 0.3) is 5.91 Å². The van der Waals surface area contributed by atoms with Crippen LogP contribution < -0.4 is 19.5 Å². The molecule has 30 heavy (non-hydrogen) atoms. The van der Waals surface area contributed by atoms with Gasteiger partial charge in [0.1, 0.15) is 30.5 Å². The van der Waals surface area contributed by atoms with E-state index in [-0.39, 0.29) is 5.91 Å². The summed E-state index contributed by atoms with van der Waals surface area (Å²) in [6, 6.07) is 22.8. The van der Waals surface area contributed by atoms with Gasteiger partial charge >= 0.3 is 0 Å². The first kappa shape index (κ1) is 21.2. The highest BCUT2D eigenvalue weighted by Gasteiger charge is 2.17. The maximum absolute atomic E-state index is 12.5. The number of hydrogen-bond acceptors (Lipinski definition) is 4. The Labute approximate surface area is 177 Å². The van der Waals surface area contributed by atoms with E-state index >= 15 is 0 Å². The van der Waals surface area contributed by atoms with E-state index < -0.39 is 6.10 Å². The lowest BCUT2D eigenvalue weighted by Gasteiger charge is -2.18. The van der Waals surface area contributed by atoms with Crippen LogP contribution in [-0.2, 0) is 4.79 Å². The Bertz CT molecular complexity index is 934. The highest BCUT2D eigenvalue weighted by Crippen LogP contribution is 2.24. The highest BCUT2D eigenvalue weighted by atomic mass is 16.5. The number of amides is 1. The van der Waals surface area contributed by atoms with Crippen molar-refractivity contribution >= 4 is 11.6 Å². The summed E-state index contributed by atoms with van der Waals surface area (Å²) in [6.45, 7) is 6.56. The van der Waals surface area contributed by atoms with E-state index in [1.165, 1.54) is 0 Å². The molecule has 0 bridgehead atoms. The van der Waals surface area contributed by atoms with Gasteiger partial charge in [-0.1, -0.05) is 36.4 Å². The minimum atomic E-state index is -0.615. The van der Waals surface area contributed by atoms with Gasteiger partial charge in [0.05, 0.1) is 0 Å². The summed E-state index contributed by atoms with van der Waals surface area (Å²) in [4.78, 5) is 12.5. The van der Waals surface area contributed by atoms with Gasteiger partial charge < -0.3 is 19.5 Å². The van der Waals surface area contributed by atoms with Crippen LogP contribution in [0.15, 0.2) is 72.8 Å². The lowest BCUT2D eigenvalue weighted by Crippen LogP contribution is -2.30. The fourth-order valence-electron chi connectivity index (χ4n) is 2.93. The fourth-order valence-corrected chi connectivity index (χ4v) is 2.93. The van der Waals surface area contributed by atoms with E-state index in [0.29, 0.717) is 24.7 Å². The zero-order valence-corrected chi connectivity index (χ0v) is 17.6. The van der Waals surface area contributed by atoms with Crippen molar-refractivity contribution in [1.29, 1.82) is 0 Å². The van der Waals surface area contributed by atoms with Gasteiger partial charge in [-0.15, -0.1) is 0 Å². The molecule has 1 N–H and O–H groups in total. The Balaban J connectivity index is 1.45. The minimum absolute atomic E-state index is 0.206. The van der Waals surface area contributed by atoms with E-state index in [1.807, 2.05) is 74.5 Å². The summed E-state index contributed by atoms with van der Waals surface area (Å²) < 4.78 is 17.2. The number of anilines is 1. The molecule has 0 fully saturated rings. The zero-order valence-electron chi connectivity index (χ0n) is 17.6. The number of carbonyl (C=O) groups is 1. The maximum Gasteiger partial charge on any atom is 0.265 e. The Hall–Kier alpha value is -3.47. The third kappa shape index (κ3) is 6.01. The highest BCUT2D eigenvalue weighted by molar-refractivity contribution is 5.94. The first-order chi connectivity index (χ1) is 14.5. The van der Waals surface area contributed by atoms with E-state index in [4.69, 9.17) is 14.2 Å². The Morgan fingerprint density at radius 2 is 1.37 bits per heavy atom. The van der Waals surface area contributed by atoms with Crippen molar-refractivity contribution in [2.24, 2.45) is 0 Å². The van der Waals surface area contributed by atoms with Crippen LogP contribution in [0.1, 0.15) is 18.1 Å². The van der Waals surface area contributed by atoms with Crippen LogP contribution in [0.2, 0.25) is 0 Å². The molecular weight excluding hydrogens is 378 g/mol. The first-order valence-electron chi connectivity index (χ1n) is 9.97. The van der Waals surface area contributed by atoms with Gasteiger partial charge in [0.2, 0.25) is 0 Å². The summed E-state index contributed by atoms with van der Waals surface area (Å²) in [5, 5.41) is 2.87. The van der Waals surface area contributed by atoms with Crippen LogP contribution in [-0.4, -0.2) is 25.2 Å². The average Bonchev–Trinajstić information content (AvgIpc) is 2.75. The van der Waals surface area contributed by atoms with E-state index in [1.54, 1.807) is 19.1 Å². The van der Waals surface area contributed by atoms with Crippen LogP contribution in [0.25, 0.3) is 0 Å². The molecule has 156 valence electrons. The molecule has 5 heteroatoms. The predicted molar refractivity (Wildman–Crippen MR) is 119 cm³/mol. The maximum atomic E-state index is 12.5. The first-order valence-corrected chi connectivity index (χ1v) is 9.97. The molecule has 0 aliphatic carbocycles. The second-order valence-electron chi connectivity index (χ2n) is 7.00. The zero-order chi connectivity index (χ0) is 21.3. The number of nitrogens with one attached hydrogen (secondary N) is 1. The molecule has 1 amide bonds. The quantitative estimate of drug-likeness (QED) is 0.499. The molecule has 3 rings (SSSR count). The minimum Gasteiger partial charge on any atom is -0.490 e. The molecule has 0 spiro atoms. The van der Waals surface area contributed by atoms with Crippen LogP contribution in [0.5, 0.6) is 17.2 Å². The number of hydrogen-bond donors (Lipinski definition) is 1. The molecule has 0 saturated heterocycles. The summed E-state index contributed by atoms with van der Waals surface area (Å²) in [6.07, 6.45) is -0.615. The largest absolute Gasteiger partial charge is 0.490 e. The Morgan fingerprint density at radius 3 is 1.97 bits per heavy atom. The van der Waals surface area contributed by atoms with Crippen molar-refractivity contribution in [1.82, 2.24) is 0 Å². The van der Waals surface area contributed by atoms with Gasteiger partial charge in [-0.2, -0.15) is 0 Å². The molecule has 0 heterocycles. The number of carbonyl (C=O) groups excluding carboxylic acids is 1. The van der Waals surface area contributed by atoms with Crippen LogP contribution in [0, 0.1) is 13.8 Å². The number of rotatable bonds is 9. The molecule has 5 nitrogen and oxygen atoms in total. The van der Waals surface area contributed by atoms with Crippen molar-refractivity contribution in [3.05, 3.63) is 83.9 Å². The average molecular weight is 405 g/mol. The van der Waals surface area contributed by atoms with Gasteiger partial charge in [-0.05, 0) is 68.3 Å². The van der Waals surface area contributed by atoms with Gasteiger partial charge in [0, 0.05) is 5.69 Å². The molecule has 0 radical (unpaired) electrons. The fraction of sp³-hybridized carbons (Fsp3) is 0.240. The summed E-state index contributed by atoms with van der Waals surface area (Å²) in [5.74, 6) is 2.07. The van der Waals surface area contributed by atoms with Gasteiger partial charge in [-0.25, -0.2) is 0 Å². The van der Waals surface area contributed by atoms with E-state index in [9.17, 15) is 4.79 Å². The van der Waals surface area contributed by atoms with Crippen molar-refractivity contribution in [2.45, 2.75) is 26.9 Å². The molecule has 0 aliphatic heterocycles. The second-order valence-corrected chi connectivity index (χ2v) is 7.00. The third-order valence-corrected chi connectivity index (χ3v) is 4.56. The van der Waals surface area contributed by atoms with Crippen LogP contribution >= 0.6 is 0 Å².